The summed E-state index contributed by atoms with van der Waals surface area (Å²) in [4.78, 5) is 13.8. The van der Waals surface area contributed by atoms with Gasteiger partial charge in [0.25, 0.3) is 0 Å². The second-order valence-corrected chi connectivity index (χ2v) is 5.88. The molecule has 0 radical (unpaired) electrons. The zero-order valence-electron chi connectivity index (χ0n) is 12.5. The Morgan fingerprint density at radius 2 is 1.79 bits per heavy atom. The minimum absolute atomic E-state index is 0.126. The number of likely N-dealkylation sites (N-methyl/N-ethyl adjacent to an activating group) is 1. The van der Waals surface area contributed by atoms with Crippen molar-refractivity contribution in [2.24, 2.45) is 0 Å². The molecule has 106 valence electrons. The summed E-state index contributed by atoms with van der Waals surface area (Å²) in [7, 11) is 2.04. The molecule has 0 atom stereocenters. The number of esters is 1. The predicted octanol–water partition coefficient (Wildman–Crippen LogP) is 2.89. The summed E-state index contributed by atoms with van der Waals surface area (Å²) in [5.41, 5.74) is 0.936. The van der Waals surface area contributed by atoms with Crippen LogP contribution in [0.1, 0.15) is 32.8 Å². The van der Waals surface area contributed by atoms with Crippen molar-refractivity contribution < 1.29 is 9.53 Å². The molecular weight excluding hydrogens is 238 g/mol. The summed E-state index contributed by atoms with van der Waals surface area (Å²) in [5, 5.41) is 0. The third kappa shape index (κ3) is 7.62. The van der Waals surface area contributed by atoms with E-state index in [-0.39, 0.29) is 11.6 Å². The van der Waals surface area contributed by atoms with E-state index in [0.717, 1.165) is 19.5 Å². The van der Waals surface area contributed by atoms with Crippen molar-refractivity contribution in [1.29, 1.82) is 0 Å². The minimum atomic E-state index is -0.389. The first-order valence-electron chi connectivity index (χ1n) is 6.81. The first-order valence-corrected chi connectivity index (χ1v) is 6.81. The second kappa shape index (κ2) is 7.29. The highest BCUT2D eigenvalue weighted by Crippen LogP contribution is 2.08. The van der Waals surface area contributed by atoms with Crippen molar-refractivity contribution in [1.82, 2.24) is 4.90 Å². The standard InChI is InChI=1S/C16H25NO2/c1-16(2,3)19-15(18)11-13-17(4)12-10-14-8-6-5-7-9-14/h5-9H,10-13H2,1-4H3. The van der Waals surface area contributed by atoms with Crippen LogP contribution in [0.4, 0.5) is 0 Å². The predicted molar refractivity (Wildman–Crippen MR) is 78.1 cm³/mol. The van der Waals surface area contributed by atoms with Gasteiger partial charge < -0.3 is 9.64 Å². The molecule has 19 heavy (non-hydrogen) atoms. The summed E-state index contributed by atoms with van der Waals surface area (Å²) >= 11 is 0. The maximum atomic E-state index is 11.6. The van der Waals surface area contributed by atoms with E-state index in [4.69, 9.17) is 4.74 Å². The van der Waals surface area contributed by atoms with Gasteiger partial charge >= 0.3 is 5.97 Å². The monoisotopic (exact) mass is 263 g/mol. The number of hydrogen-bond acceptors (Lipinski definition) is 3. The Bertz CT molecular complexity index is 381. The maximum Gasteiger partial charge on any atom is 0.307 e. The van der Waals surface area contributed by atoms with Crippen molar-refractivity contribution in [3.05, 3.63) is 35.9 Å². The zero-order chi connectivity index (χ0) is 14.3. The average molecular weight is 263 g/mol. The number of carbonyl (C=O) groups is 1. The van der Waals surface area contributed by atoms with Gasteiger partial charge in [0.2, 0.25) is 0 Å². The van der Waals surface area contributed by atoms with E-state index in [1.165, 1.54) is 5.56 Å². The normalized spacial score (nSPS) is 11.6. The van der Waals surface area contributed by atoms with Gasteiger partial charge in [0.1, 0.15) is 5.60 Å². The van der Waals surface area contributed by atoms with Gasteiger partial charge in [-0.15, -0.1) is 0 Å². The van der Waals surface area contributed by atoms with Crippen LogP contribution in [0.2, 0.25) is 0 Å². The highest BCUT2D eigenvalue weighted by molar-refractivity contribution is 5.70. The van der Waals surface area contributed by atoms with Gasteiger partial charge in [0.05, 0.1) is 6.42 Å². The van der Waals surface area contributed by atoms with Gasteiger partial charge in [-0.3, -0.25) is 4.79 Å². The number of nitrogens with zero attached hydrogens (tertiary/aromatic N) is 1. The van der Waals surface area contributed by atoms with E-state index in [9.17, 15) is 4.79 Å². The Labute approximate surface area is 116 Å². The molecule has 3 nitrogen and oxygen atoms in total. The summed E-state index contributed by atoms with van der Waals surface area (Å²) < 4.78 is 5.29. The summed E-state index contributed by atoms with van der Waals surface area (Å²) in [6.07, 6.45) is 1.45. The molecule has 0 N–H and O–H groups in total. The lowest BCUT2D eigenvalue weighted by atomic mass is 10.1. The number of carbonyl (C=O) groups excluding carboxylic acids is 1. The molecule has 0 fully saturated rings. The molecule has 1 aromatic carbocycles. The Kier molecular flexibility index (Phi) is 6.03. The Balaban J connectivity index is 2.21. The van der Waals surface area contributed by atoms with Crippen LogP contribution in [0.5, 0.6) is 0 Å². The minimum Gasteiger partial charge on any atom is -0.460 e. The van der Waals surface area contributed by atoms with E-state index in [2.05, 4.69) is 29.2 Å². The van der Waals surface area contributed by atoms with E-state index < -0.39 is 0 Å². The van der Waals surface area contributed by atoms with E-state index in [1.807, 2.05) is 33.9 Å². The van der Waals surface area contributed by atoms with Crippen molar-refractivity contribution in [2.75, 3.05) is 20.1 Å². The fourth-order valence-electron chi connectivity index (χ4n) is 1.75. The molecular formula is C16H25NO2. The summed E-state index contributed by atoms with van der Waals surface area (Å²) in [6.45, 7) is 7.37. The van der Waals surface area contributed by atoms with Crippen LogP contribution in [0, 0.1) is 0 Å². The molecule has 0 saturated carbocycles. The molecule has 0 aliphatic rings. The quantitative estimate of drug-likeness (QED) is 0.739. The highest BCUT2D eigenvalue weighted by Gasteiger charge is 2.16. The third-order valence-corrected chi connectivity index (χ3v) is 2.74. The Hall–Kier alpha value is -1.35. The summed E-state index contributed by atoms with van der Waals surface area (Å²) in [6, 6.07) is 10.4. The maximum absolute atomic E-state index is 11.6. The second-order valence-electron chi connectivity index (χ2n) is 5.88. The van der Waals surface area contributed by atoms with Crippen molar-refractivity contribution in [3.63, 3.8) is 0 Å². The molecule has 0 aliphatic heterocycles. The van der Waals surface area contributed by atoms with Crippen LogP contribution in [0.25, 0.3) is 0 Å². The molecule has 0 heterocycles. The summed E-state index contributed by atoms with van der Waals surface area (Å²) in [5.74, 6) is -0.126. The highest BCUT2D eigenvalue weighted by atomic mass is 16.6. The fourth-order valence-corrected chi connectivity index (χ4v) is 1.75. The van der Waals surface area contributed by atoms with Gasteiger partial charge in [0.15, 0.2) is 0 Å². The van der Waals surface area contributed by atoms with E-state index in [1.54, 1.807) is 0 Å². The van der Waals surface area contributed by atoms with Crippen LogP contribution in [-0.2, 0) is 16.0 Å². The van der Waals surface area contributed by atoms with Crippen molar-refractivity contribution in [3.8, 4) is 0 Å². The first-order chi connectivity index (χ1) is 8.87. The lowest BCUT2D eigenvalue weighted by molar-refractivity contribution is -0.155. The van der Waals surface area contributed by atoms with Gasteiger partial charge in [-0.25, -0.2) is 0 Å². The molecule has 0 aliphatic carbocycles. The SMILES string of the molecule is CN(CCC(=O)OC(C)(C)C)CCc1ccccc1. The van der Waals surface area contributed by atoms with E-state index in [0.29, 0.717) is 6.42 Å². The smallest absolute Gasteiger partial charge is 0.307 e. The molecule has 0 aromatic heterocycles. The van der Waals surface area contributed by atoms with Crippen LogP contribution in [0.3, 0.4) is 0 Å². The lowest BCUT2D eigenvalue weighted by Crippen LogP contribution is -2.28. The van der Waals surface area contributed by atoms with Crippen LogP contribution in [0.15, 0.2) is 30.3 Å². The molecule has 0 bridgehead atoms. The fraction of sp³-hybridized carbons (Fsp3) is 0.562. The van der Waals surface area contributed by atoms with E-state index >= 15 is 0 Å². The van der Waals surface area contributed by atoms with Gasteiger partial charge in [0, 0.05) is 13.1 Å². The Morgan fingerprint density at radius 3 is 2.37 bits per heavy atom. The molecule has 0 spiro atoms. The molecule has 0 saturated heterocycles. The van der Waals surface area contributed by atoms with Crippen LogP contribution < -0.4 is 0 Å². The number of rotatable bonds is 6. The molecule has 1 rings (SSSR count). The van der Waals surface area contributed by atoms with Crippen molar-refractivity contribution >= 4 is 5.97 Å². The van der Waals surface area contributed by atoms with Crippen LogP contribution in [-0.4, -0.2) is 36.6 Å². The topological polar surface area (TPSA) is 29.5 Å². The number of ether oxygens (including phenoxy) is 1. The third-order valence-electron chi connectivity index (χ3n) is 2.74. The molecule has 3 heteroatoms. The van der Waals surface area contributed by atoms with Crippen LogP contribution >= 0.6 is 0 Å². The molecule has 0 amide bonds. The number of benzene rings is 1. The largest absolute Gasteiger partial charge is 0.460 e. The Morgan fingerprint density at radius 1 is 1.16 bits per heavy atom. The van der Waals surface area contributed by atoms with Gasteiger partial charge in [-0.05, 0) is 39.8 Å². The molecule has 0 unspecified atom stereocenters. The van der Waals surface area contributed by atoms with Crippen molar-refractivity contribution in [2.45, 2.75) is 39.2 Å². The first kappa shape index (κ1) is 15.7. The van der Waals surface area contributed by atoms with Gasteiger partial charge in [-0.1, -0.05) is 30.3 Å². The zero-order valence-corrected chi connectivity index (χ0v) is 12.5. The number of hydrogen-bond donors (Lipinski definition) is 0. The lowest BCUT2D eigenvalue weighted by Gasteiger charge is -2.21. The average Bonchev–Trinajstić information content (AvgIpc) is 2.33. The molecule has 1 aromatic rings. The van der Waals surface area contributed by atoms with Gasteiger partial charge in [-0.2, -0.15) is 0 Å².